The van der Waals surface area contributed by atoms with Gasteiger partial charge in [-0.15, -0.1) is 0 Å². The Morgan fingerprint density at radius 3 is 2.50 bits per heavy atom. The zero-order valence-corrected chi connectivity index (χ0v) is 21.0. The van der Waals surface area contributed by atoms with Gasteiger partial charge in [-0.3, -0.25) is 9.59 Å². The predicted molar refractivity (Wildman–Crippen MR) is 134 cm³/mol. The maximum Gasteiger partial charge on any atom is 0.223 e. The number of fused-ring (bicyclic) bond motifs is 2. The number of ether oxygens (including phenoxy) is 2. The van der Waals surface area contributed by atoms with E-state index in [0.717, 1.165) is 33.9 Å². The molecule has 0 saturated heterocycles. The molecule has 0 amide bonds. The Bertz CT molecular complexity index is 1410. The van der Waals surface area contributed by atoms with Crippen LogP contribution in [0.15, 0.2) is 58.4 Å². The van der Waals surface area contributed by atoms with Crippen LogP contribution in [0.25, 0.3) is 0 Å². The van der Waals surface area contributed by atoms with Crippen LogP contribution in [-0.2, 0) is 11.2 Å². The second-order valence-corrected chi connectivity index (χ2v) is 10.9. The first kappa shape index (κ1) is 22.8. The van der Waals surface area contributed by atoms with E-state index in [9.17, 15) is 9.59 Å². The van der Waals surface area contributed by atoms with Gasteiger partial charge in [-0.1, -0.05) is 26.0 Å². The van der Waals surface area contributed by atoms with Crippen LogP contribution in [0, 0.1) is 12.3 Å². The van der Waals surface area contributed by atoms with Gasteiger partial charge in [-0.2, -0.15) is 0 Å². The third kappa shape index (κ3) is 3.58. The molecule has 36 heavy (non-hydrogen) atoms. The third-order valence-electron chi connectivity index (χ3n) is 7.76. The molecule has 0 spiro atoms. The third-order valence-corrected chi connectivity index (χ3v) is 7.76. The molecule has 2 unspecified atom stereocenters. The van der Waals surface area contributed by atoms with Crippen LogP contribution < -0.4 is 9.47 Å². The average Bonchev–Trinajstić information content (AvgIpc) is 3.37. The number of furan rings is 1. The largest absolute Gasteiger partial charge is 0.497 e. The van der Waals surface area contributed by atoms with Crippen molar-refractivity contribution in [2.24, 2.45) is 5.41 Å². The van der Waals surface area contributed by atoms with Crippen LogP contribution in [0.4, 0.5) is 0 Å². The van der Waals surface area contributed by atoms with E-state index in [1.807, 2.05) is 43.3 Å². The zero-order chi connectivity index (χ0) is 25.2. The van der Waals surface area contributed by atoms with Gasteiger partial charge in [0, 0.05) is 54.2 Å². The molecule has 0 radical (unpaired) electrons. The lowest BCUT2D eigenvalue weighted by atomic mass is 9.69. The molecule has 3 aliphatic rings. The Kier molecular flexibility index (Phi) is 5.18. The fourth-order valence-corrected chi connectivity index (χ4v) is 6.12. The predicted octanol–water partition coefficient (Wildman–Crippen LogP) is 6.07. The van der Waals surface area contributed by atoms with Crippen molar-refractivity contribution in [2.75, 3.05) is 7.11 Å². The van der Waals surface area contributed by atoms with E-state index >= 15 is 0 Å². The number of hydrogen-bond acceptors (Lipinski definition) is 6. The number of carbonyl (C=O) groups is 2. The Morgan fingerprint density at radius 2 is 1.81 bits per heavy atom. The lowest BCUT2D eigenvalue weighted by Crippen LogP contribution is -2.34. The lowest BCUT2D eigenvalue weighted by Gasteiger charge is -2.39. The van der Waals surface area contributed by atoms with Crippen molar-refractivity contribution in [1.29, 1.82) is 0 Å². The van der Waals surface area contributed by atoms with Crippen LogP contribution in [-0.4, -0.2) is 23.7 Å². The van der Waals surface area contributed by atoms with Gasteiger partial charge < -0.3 is 13.9 Å². The molecule has 2 aliphatic carbocycles. The van der Waals surface area contributed by atoms with Crippen LogP contribution in [0.2, 0.25) is 0 Å². The SMILES string of the molecule is COc1ccc(C2C3=C(CC(C)(C)CC3=O)Oc3nc4c(c(C)c32)C(=O)CC(c2ccco2)C4)cc1. The normalized spacial score (nSPS) is 22.4. The van der Waals surface area contributed by atoms with Crippen LogP contribution in [0.5, 0.6) is 11.6 Å². The number of rotatable bonds is 3. The molecular formula is C30H29NO5. The van der Waals surface area contributed by atoms with Crippen LogP contribution in [0.1, 0.15) is 83.4 Å². The highest BCUT2D eigenvalue weighted by atomic mass is 16.5. The number of carbonyl (C=O) groups excluding carboxylic acids is 2. The summed E-state index contributed by atoms with van der Waals surface area (Å²) in [5, 5.41) is 0. The molecule has 0 saturated carbocycles. The second kappa shape index (κ2) is 8.19. The van der Waals surface area contributed by atoms with Crippen LogP contribution in [0.3, 0.4) is 0 Å². The molecule has 1 aromatic carbocycles. The molecule has 0 fully saturated rings. The number of aromatic nitrogens is 1. The van der Waals surface area contributed by atoms with Crippen molar-refractivity contribution in [1.82, 2.24) is 4.98 Å². The van der Waals surface area contributed by atoms with E-state index in [1.165, 1.54) is 0 Å². The van der Waals surface area contributed by atoms with Gasteiger partial charge in [0.1, 0.15) is 17.3 Å². The van der Waals surface area contributed by atoms with Crippen molar-refractivity contribution >= 4 is 11.6 Å². The van der Waals surface area contributed by atoms with Gasteiger partial charge in [0.25, 0.3) is 0 Å². The number of pyridine rings is 1. The fraction of sp³-hybridized carbons (Fsp3) is 0.367. The highest BCUT2D eigenvalue weighted by Gasteiger charge is 2.44. The summed E-state index contributed by atoms with van der Waals surface area (Å²) in [5.74, 6) is 2.50. The molecule has 0 N–H and O–H groups in total. The van der Waals surface area contributed by atoms with E-state index in [-0.39, 0.29) is 28.8 Å². The molecule has 6 rings (SSSR count). The second-order valence-electron chi connectivity index (χ2n) is 10.9. The average molecular weight is 484 g/mol. The van der Waals surface area contributed by atoms with Crippen molar-refractivity contribution in [3.05, 3.63) is 87.7 Å². The summed E-state index contributed by atoms with van der Waals surface area (Å²) in [5.41, 5.74) is 4.52. The Morgan fingerprint density at radius 1 is 1.03 bits per heavy atom. The molecule has 2 aromatic heterocycles. The Labute approximate surface area is 210 Å². The standard InChI is InChI=1S/C30H29NO5/c1-16-25-20(12-18(13-21(25)32)23-6-5-11-35-23)31-29-26(16)27(17-7-9-19(34-4)10-8-17)28-22(33)14-30(2,3)15-24(28)36-29/h5-11,18,27H,12-15H2,1-4H3. The topological polar surface area (TPSA) is 78.6 Å². The fourth-order valence-electron chi connectivity index (χ4n) is 6.12. The molecule has 0 bridgehead atoms. The summed E-state index contributed by atoms with van der Waals surface area (Å²) < 4.78 is 17.4. The van der Waals surface area contributed by atoms with E-state index in [0.29, 0.717) is 48.5 Å². The number of benzene rings is 1. The summed E-state index contributed by atoms with van der Waals surface area (Å²) in [6.07, 6.45) is 3.73. The van der Waals surface area contributed by atoms with E-state index in [4.69, 9.17) is 18.9 Å². The number of hydrogen-bond donors (Lipinski definition) is 0. The maximum atomic E-state index is 13.5. The van der Waals surface area contributed by atoms with Crippen molar-refractivity contribution in [2.45, 2.75) is 58.3 Å². The monoisotopic (exact) mass is 483 g/mol. The summed E-state index contributed by atoms with van der Waals surface area (Å²) in [4.78, 5) is 31.9. The van der Waals surface area contributed by atoms with Gasteiger partial charge in [-0.05, 0) is 47.7 Å². The smallest absolute Gasteiger partial charge is 0.223 e. The van der Waals surface area contributed by atoms with Crippen molar-refractivity contribution < 1.29 is 23.5 Å². The molecule has 6 nitrogen and oxygen atoms in total. The number of nitrogens with zero attached hydrogens (tertiary/aromatic N) is 1. The van der Waals surface area contributed by atoms with E-state index in [1.54, 1.807) is 13.4 Å². The maximum absolute atomic E-state index is 13.5. The molecular weight excluding hydrogens is 454 g/mol. The van der Waals surface area contributed by atoms with Gasteiger partial charge in [0.15, 0.2) is 11.6 Å². The van der Waals surface area contributed by atoms with Gasteiger partial charge in [0.05, 0.1) is 19.1 Å². The number of allylic oxidation sites excluding steroid dienone is 2. The Hall–Kier alpha value is -3.67. The minimum Gasteiger partial charge on any atom is -0.497 e. The number of methoxy groups -OCH3 is 1. The summed E-state index contributed by atoms with van der Waals surface area (Å²) >= 11 is 0. The summed E-state index contributed by atoms with van der Waals surface area (Å²) in [7, 11) is 1.63. The molecule has 6 heteroatoms. The molecule has 184 valence electrons. The highest BCUT2D eigenvalue weighted by Crippen LogP contribution is 2.52. The zero-order valence-electron chi connectivity index (χ0n) is 21.0. The highest BCUT2D eigenvalue weighted by molar-refractivity contribution is 6.02. The van der Waals surface area contributed by atoms with Crippen LogP contribution >= 0.6 is 0 Å². The van der Waals surface area contributed by atoms with Gasteiger partial charge in [-0.25, -0.2) is 4.98 Å². The van der Waals surface area contributed by atoms with Gasteiger partial charge >= 0.3 is 0 Å². The summed E-state index contributed by atoms with van der Waals surface area (Å²) in [6, 6.07) is 11.6. The van der Waals surface area contributed by atoms with E-state index < -0.39 is 0 Å². The van der Waals surface area contributed by atoms with Crippen molar-refractivity contribution in [3.63, 3.8) is 0 Å². The number of Topliss-reactive ketones (excluding diaryl/α,β-unsaturated/α-hetero) is 2. The minimum atomic E-state index is -0.341. The first-order chi connectivity index (χ1) is 17.3. The number of ketones is 2. The quantitative estimate of drug-likeness (QED) is 0.450. The molecule has 2 atom stereocenters. The summed E-state index contributed by atoms with van der Waals surface area (Å²) in [6.45, 7) is 6.15. The first-order valence-corrected chi connectivity index (χ1v) is 12.4. The molecule has 3 aromatic rings. The minimum absolute atomic E-state index is 0.0455. The van der Waals surface area contributed by atoms with Crippen molar-refractivity contribution in [3.8, 4) is 11.6 Å². The molecule has 3 heterocycles. The van der Waals surface area contributed by atoms with E-state index in [2.05, 4.69) is 13.8 Å². The molecule has 1 aliphatic heterocycles. The lowest BCUT2D eigenvalue weighted by molar-refractivity contribution is -0.118. The Balaban J connectivity index is 1.53. The van der Waals surface area contributed by atoms with Gasteiger partial charge in [0.2, 0.25) is 5.88 Å². The first-order valence-electron chi connectivity index (χ1n) is 12.4.